The summed E-state index contributed by atoms with van der Waals surface area (Å²) in [7, 11) is 0. The van der Waals surface area contributed by atoms with E-state index in [4.69, 9.17) is 0 Å². The molecule has 0 amide bonds. The van der Waals surface area contributed by atoms with Gasteiger partial charge in [-0.05, 0) is 23.8 Å². The minimum atomic E-state index is 0.513. The van der Waals surface area contributed by atoms with Gasteiger partial charge in [0.25, 0.3) is 0 Å². The van der Waals surface area contributed by atoms with Gasteiger partial charge >= 0.3 is 0 Å². The molecule has 0 unspecified atom stereocenters. The largest absolute Gasteiger partial charge is 0.340 e. The Labute approximate surface area is 91.5 Å². The highest BCUT2D eigenvalue weighted by Crippen LogP contribution is 2.23. The predicted octanol–water partition coefficient (Wildman–Crippen LogP) is 2.45. The van der Waals surface area contributed by atoms with Crippen molar-refractivity contribution in [3.05, 3.63) is 18.0 Å². The van der Waals surface area contributed by atoms with Crippen molar-refractivity contribution in [2.75, 3.05) is 18.0 Å². The summed E-state index contributed by atoms with van der Waals surface area (Å²) in [5.41, 5.74) is 1.21. The van der Waals surface area contributed by atoms with Crippen LogP contribution in [0, 0.1) is 5.92 Å². The van der Waals surface area contributed by atoms with Gasteiger partial charge in [0.15, 0.2) is 0 Å². The summed E-state index contributed by atoms with van der Waals surface area (Å²) in [5, 5.41) is 0. The molecule has 1 aromatic heterocycles. The van der Waals surface area contributed by atoms with Gasteiger partial charge in [-0.3, -0.25) is 0 Å². The van der Waals surface area contributed by atoms with Crippen LogP contribution in [0.3, 0.4) is 0 Å². The summed E-state index contributed by atoms with van der Waals surface area (Å²) in [6.07, 6.45) is 5.17. The molecule has 15 heavy (non-hydrogen) atoms. The van der Waals surface area contributed by atoms with Crippen LogP contribution in [-0.4, -0.2) is 23.1 Å². The van der Waals surface area contributed by atoms with Gasteiger partial charge in [0, 0.05) is 25.5 Å². The van der Waals surface area contributed by atoms with Crippen LogP contribution in [0.15, 0.2) is 12.4 Å². The van der Waals surface area contributed by atoms with E-state index in [-0.39, 0.29) is 0 Å². The molecule has 3 nitrogen and oxygen atoms in total. The van der Waals surface area contributed by atoms with E-state index in [0.717, 1.165) is 25.0 Å². The Morgan fingerprint density at radius 1 is 1.33 bits per heavy atom. The fourth-order valence-corrected chi connectivity index (χ4v) is 1.78. The molecule has 82 valence electrons. The molecule has 0 radical (unpaired) electrons. The summed E-state index contributed by atoms with van der Waals surface area (Å²) in [6.45, 7) is 8.81. The van der Waals surface area contributed by atoms with Gasteiger partial charge in [-0.25, -0.2) is 9.97 Å². The van der Waals surface area contributed by atoms with Crippen LogP contribution in [-0.2, 0) is 0 Å². The Morgan fingerprint density at radius 2 is 1.93 bits per heavy atom. The molecule has 1 aliphatic rings. The maximum Gasteiger partial charge on any atom is 0.225 e. The highest BCUT2D eigenvalue weighted by Gasteiger charge is 2.26. The molecule has 1 saturated heterocycles. The first-order valence-corrected chi connectivity index (χ1v) is 5.77. The molecule has 0 spiro atoms. The van der Waals surface area contributed by atoms with Gasteiger partial charge in [0.2, 0.25) is 5.95 Å². The lowest BCUT2D eigenvalue weighted by molar-refractivity contribution is 0.392. The second-order valence-corrected chi connectivity index (χ2v) is 4.65. The van der Waals surface area contributed by atoms with E-state index in [9.17, 15) is 0 Å². The Morgan fingerprint density at radius 3 is 2.40 bits per heavy atom. The standard InChI is InChI=1S/C12H19N3/c1-4-10-7-15(8-10)12-13-5-11(6-14-12)9(2)3/h5-6,9-10H,4,7-8H2,1-3H3. The smallest absolute Gasteiger partial charge is 0.225 e. The Balaban J connectivity index is 1.99. The fraction of sp³-hybridized carbons (Fsp3) is 0.667. The van der Waals surface area contributed by atoms with Crippen LogP contribution >= 0.6 is 0 Å². The Bertz CT molecular complexity index is 312. The fourth-order valence-electron chi connectivity index (χ4n) is 1.78. The summed E-state index contributed by atoms with van der Waals surface area (Å²) in [6, 6.07) is 0. The Kier molecular flexibility index (Phi) is 2.89. The first kappa shape index (κ1) is 10.4. The third-order valence-corrected chi connectivity index (χ3v) is 3.14. The maximum absolute atomic E-state index is 4.41. The van der Waals surface area contributed by atoms with Gasteiger partial charge in [0.05, 0.1) is 0 Å². The van der Waals surface area contributed by atoms with Gasteiger partial charge < -0.3 is 4.90 Å². The lowest BCUT2D eigenvalue weighted by Crippen LogP contribution is -2.47. The molecule has 0 aliphatic carbocycles. The van der Waals surface area contributed by atoms with Crippen LogP contribution < -0.4 is 4.90 Å². The first-order chi connectivity index (χ1) is 7.20. The topological polar surface area (TPSA) is 29.0 Å². The second kappa shape index (κ2) is 4.17. The number of hydrogen-bond donors (Lipinski definition) is 0. The highest BCUT2D eigenvalue weighted by molar-refractivity contribution is 5.34. The lowest BCUT2D eigenvalue weighted by atomic mass is 9.98. The molecule has 0 bridgehead atoms. The Hall–Kier alpha value is -1.12. The van der Waals surface area contributed by atoms with Crippen LogP contribution in [0.2, 0.25) is 0 Å². The van der Waals surface area contributed by atoms with Gasteiger partial charge in [-0.1, -0.05) is 20.8 Å². The average Bonchev–Trinajstić information content (AvgIpc) is 2.17. The molecule has 1 aromatic rings. The molecule has 3 heteroatoms. The van der Waals surface area contributed by atoms with Crippen molar-refractivity contribution in [2.45, 2.75) is 33.1 Å². The number of hydrogen-bond acceptors (Lipinski definition) is 3. The van der Waals surface area contributed by atoms with E-state index in [1.807, 2.05) is 12.4 Å². The van der Waals surface area contributed by atoms with Crippen molar-refractivity contribution in [2.24, 2.45) is 5.92 Å². The zero-order chi connectivity index (χ0) is 10.8. The second-order valence-electron chi connectivity index (χ2n) is 4.65. The molecular formula is C12H19N3. The summed E-state index contributed by atoms with van der Waals surface area (Å²) >= 11 is 0. The van der Waals surface area contributed by atoms with E-state index in [1.165, 1.54) is 12.0 Å². The summed E-state index contributed by atoms with van der Waals surface area (Å²) < 4.78 is 0. The third kappa shape index (κ3) is 2.11. The highest BCUT2D eigenvalue weighted by atomic mass is 15.3. The zero-order valence-electron chi connectivity index (χ0n) is 9.77. The predicted molar refractivity (Wildman–Crippen MR) is 62.1 cm³/mol. The molecule has 1 aliphatic heterocycles. The molecular weight excluding hydrogens is 186 g/mol. The van der Waals surface area contributed by atoms with Crippen molar-refractivity contribution < 1.29 is 0 Å². The number of rotatable bonds is 3. The number of aromatic nitrogens is 2. The monoisotopic (exact) mass is 205 g/mol. The van der Waals surface area contributed by atoms with Gasteiger partial charge in [-0.2, -0.15) is 0 Å². The third-order valence-electron chi connectivity index (χ3n) is 3.14. The van der Waals surface area contributed by atoms with E-state index >= 15 is 0 Å². The van der Waals surface area contributed by atoms with Crippen molar-refractivity contribution in [1.29, 1.82) is 0 Å². The molecule has 0 atom stereocenters. The van der Waals surface area contributed by atoms with E-state index in [0.29, 0.717) is 5.92 Å². The van der Waals surface area contributed by atoms with Crippen LogP contribution in [0.25, 0.3) is 0 Å². The van der Waals surface area contributed by atoms with Crippen molar-refractivity contribution >= 4 is 5.95 Å². The van der Waals surface area contributed by atoms with Crippen LogP contribution in [0.5, 0.6) is 0 Å². The van der Waals surface area contributed by atoms with Crippen molar-refractivity contribution in [1.82, 2.24) is 9.97 Å². The minimum absolute atomic E-state index is 0.513. The number of nitrogens with zero attached hydrogens (tertiary/aromatic N) is 3. The average molecular weight is 205 g/mol. The first-order valence-electron chi connectivity index (χ1n) is 5.77. The van der Waals surface area contributed by atoms with Gasteiger partial charge in [0.1, 0.15) is 0 Å². The lowest BCUT2D eigenvalue weighted by Gasteiger charge is -2.38. The molecule has 2 heterocycles. The molecule has 0 aromatic carbocycles. The number of anilines is 1. The molecule has 1 fully saturated rings. The maximum atomic E-state index is 4.41. The van der Waals surface area contributed by atoms with E-state index < -0.39 is 0 Å². The van der Waals surface area contributed by atoms with Crippen molar-refractivity contribution in [3.63, 3.8) is 0 Å². The zero-order valence-corrected chi connectivity index (χ0v) is 9.77. The van der Waals surface area contributed by atoms with Crippen LogP contribution in [0.1, 0.15) is 38.7 Å². The molecule has 2 rings (SSSR count). The summed E-state index contributed by atoms with van der Waals surface area (Å²) in [5.74, 6) is 2.25. The SMILES string of the molecule is CCC1CN(c2ncc(C(C)C)cn2)C1. The summed E-state index contributed by atoms with van der Waals surface area (Å²) in [4.78, 5) is 11.1. The van der Waals surface area contributed by atoms with Gasteiger partial charge in [-0.15, -0.1) is 0 Å². The molecule has 0 N–H and O–H groups in total. The van der Waals surface area contributed by atoms with Crippen LogP contribution in [0.4, 0.5) is 5.95 Å². The van der Waals surface area contributed by atoms with E-state index in [1.54, 1.807) is 0 Å². The van der Waals surface area contributed by atoms with E-state index in [2.05, 4.69) is 35.6 Å². The molecule has 0 saturated carbocycles. The minimum Gasteiger partial charge on any atom is -0.340 e. The quantitative estimate of drug-likeness (QED) is 0.759. The normalized spacial score (nSPS) is 16.9. The van der Waals surface area contributed by atoms with Crippen molar-refractivity contribution in [3.8, 4) is 0 Å².